The van der Waals surface area contributed by atoms with E-state index in [0.717, 1.165) is 44.3 Å². The van der Waals surface area contributed by atoms with Gasteiger partial charge in [0.2, 0.25) is 5.69 Å². The Balaban J connectivity index is 2.14. The molecule has 0 spiro atoms. The van der Waals surface area contributed by atoms with E-state index in [1.165, 1.54) is 0 Å². The summed E-state index contributed by atoms with van der Waals surface area (Å²) in [4.78, 5) is 3.55. The molecule has 4 aromatic rings. The van der Waals surface area contributed by atoms with Crippen LogP contribution in [0.2, 0.25) is 0 Å². The topological polar surface area (TPSA) is 21.4 Å². The number of hydrogen-bond acceptors (Lipinski definition) is 1. The number of fused-ring (bicyclic) bond motifs is 3. The van der Waals surface area contributed by atoms with Crippen molar-refractivity contribution in [2.45, 2.75) is 33.6 Å². The first-order valence-electron chi connectivity index (χ1n) is 9.97. The number of aryl methyl sites for hydroxylation is 2. The molecule has 0 saturated heterocycles. The SMILES string of the molecule is [2H]c1cc(C([2H])(C)C)cc(-c2c(C)ccc3c2oc2cc([N+]#[C-])cc(C)c23)[n+]1C. The molecule has 0 radical (unpaired) electrons. The second kappa shape index (κ2) is 6.25. The average molecular weight is 357 g/mol. The van der Waals surface area contributed by atoms with E-state index in [-0.39, 0.29) is 0 Å². The third-order valence-corrected chi connectivity index (χ3v) is 5.16. The summed E-state index contributed by atoms with van der Waals surface area (Å²) in [6.45, 7) is 15.0. The van der Waals surface area contributed by atoms with Gasteiger partial charge in [-0.25, -0.2) is 9.41 Å². The molecular formula is C24H23N2O+. The molecule has 27 heavy (non-hydrogen) atoms. The summed E-state index contributed by atoms with van der Waals surface area (Å²) in [6.07, 6.45) is 0.344. The van der Waals surface area contributed by atoms with Crippen molar-refractivity contribution in [3.63, 3.8) is 0 Å². The van der Waals surface area contributed by atoms with E-state index in [2.05, 4.69) is 17.0 Å². The van der Waals surface area contributed by atoms with Gasteiger partial charge in [0.05, 0.1) is 12.1 Å². The zero-order valence-corrected chi connectivity index (χ0v) is 16.3. The van der Waals surface area contributed by atoms with E-state index >= 15 is 0 Å². The molecule has 0 atom stereocenters. The van der Waals surface area contributed by atoms with Crippen LogP contribution in [0, 0.1) is 20.4 Å². The Hall–Kier alpha value is -3.12. The van der Waals surface area contributed by atoms with Gasteiger partial charge < -0.3 is 4.42 Å². The smallest absolute Gasteiger partial charge is 0.216 e. The second-order valence-corrected chi connectivity index (χ2v) is 7.30. The molecule has 3 nitrogen and oxygen atoms in total. The van der Waals surface area contributed by atoms with E-state index in [9.17, 15) is 0 Å². The van der Waals surface area contributed by atoms with Crippen LogP contribution in [0.5, 0.6) is 0 Å². The van der Waals surface area contributed by atoms with Crippen LogP contribution in [0.4, 0.5) is 5.69 Å². The molecule has 0 fully saturated rings. The average Bonchev–Trinajstić information content (AvgIpc) is 3.02. The van der Waals surface area contributed by atoms with Crippen molar-refractivity contribution in [3.8, 4) is 11.3 Å². The number of nitrogens with zero attached hydrogens (tertiary/aromatic N) is 2. The number of aromatic nitrogens is 1. The maximum absolute atomic E-state index is 8.43. The highest BCUT2D eigenvalue weighted by atomic mass is 16.3. The van der Waals surface area contributed by atoms with Crippen LogP contribution in [0.25, 0.3) is 38.0 Å². The molecule has 0 aliphatic carbocycles. The Morgan fingerprint density at radius 1 is 1.15 bits per heavy atom. The van der Waals surface area contributed by atoms with Gasteiger partial charge in [-0.05, 0) is 42.5 Å². The van der Waals surface area contributed by atoms with Gasteiger partial charge in [-0.1, -0.05) is 32.0 Å². The van der Waals surface area contributed by atoms with E-state index in [4.69, 9.17) is 13.7 Å². The molecule has 0 aliphatic rings. The molecule has 4 rings (SSSR count). The van der Waals surface area contributed by atoms with Crippen molar-refractivity contribution in [2.24, 2.45) is 7.05 Å². The Kier molecular flexibility index (Phi) is 3.47. The zero-order chi connectivity index (χ0) is 21.1. The van der Waals surface area contributed by atoms with Gasteiger partial charge in [-0.3, -0.25) is 0 Å². The minimum atomic E-state index is -0.810. The lowest BCUT2D eigenvalue weighted by molar-refractivity contribution is -0.660. The molecule has 2 heterocycles. The first-order chi connectivity index (χ1) is 13.6. The monoisotopic (exact) mass is 357 g/mol. The molecule has 2 aromatic carbocycles. The molecule has 0 N–H and O–H groups in total. The molecule has 3 heteroatoms. The summed E-state index contributed by atoms with van der Waals surface area (Å²) >= 11 is 0. The van der Waals surface area contributed by atoms with Crippen LogP contribution in [0.15, 0.2) is 47.0 Å². The Morgan fingerprint density at radius 2 is 1.93 bits per heavy atom. The first-order valence-corrected chi connectivity index (χ1v) is 8.97. The van der Waals surface area contributed by atoms with Crippen LogP contribution in [-0.2, 0) is 7.05 Å². The summed E-state index contributed by atoms with van der Waals surface area (Å²) in [6, 6.07) is 11.5. The number of hydrogen-bond donors (Lipinski definition) is 0. The van der Waals surface area contributed by atoms with Gasteiger partial charge in [-0.2, -0.15) is 0 Å². The second-order valence-electron chi connectivity index (χ2n) is 7.30. The highest BCUT2D eigenvalue weighted by molar-refractivity contribution is 6.11. The lowest BCUT2D eigenvalue weighted by atomic mass is 9.96. The number of furan rings is 1. The fraction of sp³-hybridized carbons (Fsp3) is 0.250. The van der Waals surface area contributed by atoms with Crippen LogP contribution >= 0.6 is 0 Å². The molecule has 0 bridgehead atoms. The van der Waals surface area contributed by atoms with Gasteiger partial charge in [0.25, 0.3) is 0 Å². The van der Waals surface area contributed by atoms with Gasteiger partial charge in [-0.15, -0.1) is 0 Å². The normalized spacial score (nSPS) is 12.9. The van der Waals surface area contributed by atoms with E-state index in [1.54, 1.807) is 12.1 Å². The zero-order valence-electron chi connectivity index (χ0n) is 18.3. The van der Waals surface area contributed by atoms with Crippen LogP contribution in [-0.4, -0.2) is 0 Å². The quantitative estimate of drug-likeness (QED) is 0.302. The fourth-order valence-electron chi connectivity index (χ4n) is 3.69. The fourth-order valence-corrected chi connectivity index (χ4v) is 3.69. The number of rotatable bonds is 2. The minimum absolute atomic E-state index is 0.344. The van der Waals surface area contributed by atoms with Crippen molar-refractivity contribution in [2.75, 3.05) is 0 Å². The van der Waals surface area contributed by atoms with E-state index in [1.807, 2.05) is 51.4 Å². The molecule has 2 aromatic heterocycles. The lowest BCUT2D eigenvalue weighted by Crippen LogP contribution is -2.31. The van der Waals surface area contributed by atoms with Gasteiger partial charge in [0, 0.05) is 24.3 Å². The number of pyridine rings is 1. The predicted octanol–water partition coefficient (Wildman–Crippen LogP) is 6.37. The number of benzene rings is 2. The maximum atomic E-state index is 8.43. The summed E-state index contributed by atoms with van der Waals surface area (Å²) in [5.74, 6) is -0.810. The molecule has 0 unspecified atom stereocenters. The molecular weight excluding hydrogens is 332 g/mol. The van der Waals surface area contributed by atoms with Crippen molar-refractivity contribution >= 4 is 27.6 Å². The van der Waals surface area contributed by atoms with Gasteiger partial charge in [0.1, 0.15) is 19.6 Å². The highest BCUT2D eigenvalue weighted by Gasteiger charge is 2.22. The van der Waals surface area contributed by atoms with Crippen LogP contribution in [0.3, 0.4) is 0 Å². The maximum Gasteiger partial charge on any atom is 0.216 e. The van der Waals surface area contributed by atoms with Gasteiger partial charge in [0.15, 0.2) is 11.9 Å². The summed E-state index contributed by atoms with van der Waals surface area (Å²) in [7, 11) is 1.86. The standard InChI is InChI=1S/C24H23N2O/c1-14(2)17-9-10-26(6)20(12-17)23-15(3)7-8-19-22-16(4)11-18(25-5)13-21(22)27-24(19)23/h7-14H,1-4,6H3/q+1/i10D,14D. The van der Waals surface area contributed by atoms with Gasteiger partial charge >= 0.3 is 0 Å². The van der Waals surface area contributed by atoms with Crippen LogP contribution in [0.1, 0.15) is 39.2 Å². The molecule has 134 valence electrons. The summed E-state index contributed by atoms with van der Waals surface area (Å²) in [5.41, 5.74) is 6.61. The van der Waals surface area contributed by atoms with Crippen molar-refractivity contribution in [3.05, 3.63) is 70.7 Å². The lowest BCUT2D eigenvalue weighted by Gasteiger charge is -2.09. The third-order valence-electron chi connectivity index (χ3n) is 5.16. The van der Waals surface area contributed by atoms with E-state index < -0.39 is 5.89 Å². The predicted molar refractivity (Wildman–Crippen MR) is 110 cm³/mol. The van der Waals surface area contributed by atoms with Crippen molar-refractivity contribution < 1.29 is 11.7 Å². The van der Waals surface area contributed by atoms with Crippen molar-refractivity contribution in [1.29, 1.82) is 0 Å². The summed E-state index contributed by atoms with van der Waals surface area (Å²) in [5, 5.41) is 2.01. The Bertz CT molecular complexity index is 1340. The third kappa shape index (κ3) is 2.69. The van der Waals surface area contributed by atoms with E-state index in [0.29, 0.717) is 17.4 Å². The Morgan fingerprint density at radius 3 is 2.63 bits per heavy atom. The van der Waals surface area contributed by atoms with Crippen LogP contribution < -0.4 is 4.57 Å². The minimum Gasteiger partial charge on any atom is -0.456 e. The molecule has 0 saturated carbocycles. The summed E-state index contributed by atoms with van der Waals surface area (Å²) < 4.78 is 25.0. The van der Waals surface area contributed by atoms with Crippen molar-refractivity contribution in [1.82, 2.24) is 0 Å². The molecule has 0 amide bonds. The highest BCUT2D eigenvalue weighted by Crippen LogP contribution is 2.40. The molecule has 0 aliphatic heterocycles. The Labute approximate surface area is 162 Å². The first kappa shape index (κ1) is 15.0. The largest absolute Gasteiger partial charge is 0.456 e.